The first-order chi connectivity index (χ1) is 14.2. The van der Waals surface area contributed by atoms with E-state index < -0.39 is 0 Å². The van der Waals surface area contributed by atoms with Crippen LogP contribution in [0.1, 0.15) is 16.1 Å². The molecule has 0 N–H and O–H groups in total. The SMILES string of the molecule is Cc1cccc(-c2ocnc2C(=O)N2CCN(c3nc4ccccc4s3)CC2)c1. The molecule has 2 aromatic heterocycles. The Kier molecular flexibility index (Phi) is 4.52. The molecule has 0 radical (unpaired) electrons. The van der Waals surface area contributed by atoms with Crippen LogP contribution in [0.3, 0.4) is 0 Å². The van der Waals surface area contributed by atoms with Crippen LogP contribution in [0, 0.1) is 6.92 Å². The molecule has 6 nitrogen and oxygen atoms in total. The first-order valence-electron chi connectivity index (χ1n) is 9.59. The van der Waals surface area contributed by atoms with Crippen LogP contribution in [0.5, 0.6) is 0 Å². The van der Waals surface area contributed by atoms with E-state index in [0.717, 1.165) is 34.9 Å². The van der Waals surface area contributed by atoms with Gasteiger partial charge in [0.25, 0.3) is 5.91 Å². The summed E-state index contributed by atoms with van der Waals surface area (Å²) < 4.78 is 6.75. The van der Waals surface area contributed by atoms with Gasteiger partial charge in [0.05, 0.1) is 10.2 Å². The third kappa shape index (κ3) is 3.38. The Morgan fingerprint density at radius 1 is 1.07 bits per heavy atom. The second-order valence-corrected chi connectivity index (χ2v) is 8.15. The number of aromatic nitrogens is 2. The second kappa shape index (κ2) is 7.33. The maximum absolute atomic E-state index is 13.1. The topological polar surface area (TPSA) is 62.5 Å². The van der Waals surface area contributed by atoms with E-state index in [2.05, 4.69) is 16.0 Å². The minimum atomic E-state index is -0.0841. The summed E-state index contributed by atoms with van der Waals surface area (Å²) in [4.78, 5) is 26.1. The number of nitrogens with zero attached hydrogens (tertiary/aromatic N) is 4. The molecule has 1 amide bonds. The van der Waals surface area contributed by atoms with E-state index in [1.165, 1.54) is 11.1 Å². The summed E-state index contributed by atoms with van der Waals surface area (Å²) in [6, 6.07) is 16.1. The van der Waals surface area contributed by atoms with Crippen LogP contribution in [0.4, 0.5) is 5.13 Å². The molecular formula is C22H20N4O2S. The molecule has 3 heterocycles. The lowest BCUT2D eigenvalue weighted by molar-refractivity contribution is 0.0742. The van der Waals surface area contributed by atoms with Gasteiger partial charge in [0, 0.05) is 31.7 Å². The van der Waals surface area contributed by atoms with E-state index in [1.54, 1.807) is 11.3 Å². The van der Waals surface area contributed by atoms with Gasteiger partial charge in [-0.15, -0.1) is 0 Å². The standard InChI is InChI=1S/C22H20N4O2S/c1-15-5-4-6-16(13-15)20-19(23-14-28-20)21(27)25-9-11-26(12-10-25)22-24-17-7-2-3-8-18(17)29-22/h2-8,13-14H,9-12H2,1H3. The lowest BCUT2D eigenvalue weighted by atomic mass is 10.1. The number of carbonyl (C=O) groups is 1. The van der Waals surface area contributed by atoms with Crippen molar-refractivity contribution in [1.29, 1.82) is 0 Å². The van der Waals surface area contributed by atoms with E-state index in [0.29, 0.717) is 24.5 Å². The van der Waals surface area contributed by atoms with Gasteiger partial charge in [0.2, 0.25) is 0 Å². The fourth-order valence-electron chi connectivity index (χ4n) is 3.64. The highest BCUT2D eigenvalue weighted by Gasteiger charge is 2.28. The summed E-state index contributed by atoms with van der Waals surface area (Å²) in [5.74, 6) is 0.450. The van der Waals surface area contributed by atoms with E-state index in [-0.39, 0.29) is 5.91 Å². The largest absolute Gasteiger partial charge is 0.443 e. The monoisotopic (exact) mass is 404 g/mol. The molecule has 1 saturated heterocycles. The molecular weight excluding hydrogens is 384 g/mol. The Morgan fingerprint density at radius 3 is 2.69 bits per heavy atom. The minimum Gasteiger partial charge on any atom is -0.443 e. The maximum Gasteiger partial charge on any atom is 0.276 e. The molecule has 0 aliphatic carbocycles. The number of carbonyl (C=O) groups excluding carboxylic acids is 1. The minimum absolute atomic E-state index is 0.0841. The van der Waals surface area contributed by atoms with E-state index in [4.69, 9.17) is 9.40 Å². The number of oxazole rings is 1. The molecule has 0 unspecified atom stereocenters. The molecule has 0 bridgehead atoms. The van der Waals surface area contributed by atoms with Crippen molar-refractivity contribution < 1.29 is 9.21 Å². The zero-order valence-electron chi connectivity index (χ0n) is 16.0. The highest BCUT2D eigenvalue weighted by atomic mass is 32.1. The number of para-hydroxylation sites is 1. The number of fused-ring (bicyclic) bond motifs is 1. The lowest BCUT2D eigenvalue weighted by Gasteiger charge is -2.34. The Balaban J connectivity index is 1.31. The Hall–Kier alpha value is -3.19. The number of thiazole rings is 1. The van der Waals surface area contributed by atoms with Crippen LogP contribution in [-0.2, 0) is 0 Å². The van der Waals surface area contributed by atoms with Crippen molar-refractivity contribution >= 4 is 32.6 Å². The zero-order valence-corrected chi connectivity index (χ0v) is 16.9. The quantitative estimate of drug-likeness (QED) is 0.512. The molecule has 1 fully saturated rings. The summed E-state index contributed by atoms with van der Waals surface area (Å²) in [6.45, 7) is 4.79. The number of aryl methyl sites for hydroxylation is 1. The van der Waals surface area contributed by atoms with Crippen LogP contribution < -0.4 is 4.90 Å². The molecule has 146 valence electrons. The first kappa shape index (κ1) is 17.9. The number of hydrogen-bond acceptors (Lipinski definition) is 6. The summed E-state index contributed by atoms with van der Waals surface area (Å²) in [5.41, 5.74) is 3.39. The normalized spacial score (nSPS) is 14.5. The van der Waals surface area contributed by atoms with Gasteiger partial charge in [0.1, 0.15) is 0 Å². The van der Waals surface area contributed by atoms with E-state index >= 15 is 0 Å². The Labute approximate surface area is 172 Å². The maximum atomic E-state index is 13.1. The van der Waals surface area contributed by atoms with Crippen molar-refractivity contribution in [3.8, 4) is 11.3 Å². The second-order valence-electron chi connectivity index (χ2n) is 7.14. The van der Waals surface area contributed by atoms with Crippen molar-refractivity contribution in [2.75, 3.05) is 31.1 Å². The Morgan fingerprint density at radius 2 is 1.90 bits per heavy atom. The predicted molar refractivity (Wildman–Crippen MR) is 114 cm³/mol. The molecule has 0 saturated carbocycles. The van der Waals surface area contributed by atoms with Gasteiger partial charge in [-0.3, -0.25) is 4.79 Å². The summed E-state index contributed by atoms with van der Waals surface area (Å²) in [7, 11) is 0. The number of anilines is 1. The van der Waals surface area contributed by atoms with Crippen molar-refractivity contribution in [3.05, 3.63) is 66.2 Å². The molecule has 1 aliphatic heterocycles. The predicted octanol–water partition coefficient (Wildman–Crippen LogP) is 4.22. The molecule has 2 aromatic carbocycles. The average Bonchev–Trinajstić information content (AvgIpc) is 3.40. The molecule has 0 atom stereocenters. The van der Waals surface area contributed by atoms with Crippen LogP contribution in [0.2, 0.25) is 0 Å². The summed E-state index contributed by atoms with van der Waals surface area (Å²) in [6.07, 6.45) is 1.35. The molecule has 7 heteroatoms. The van der Waals surface area contributed by atoms with Crippen molar-refractivity contribution in [1.82, 2.24) is 14.9 Å². The summed E-state index contributed by atoms with van der Waals surface area (Å²) >= 11 is 1.70. The van der Waals surface area contributed by atoms with Gasteiger partial charge >= 0.3 is 0 Å². The van der Waals surface area contributed by atoms with E-state index in [9.17, 15) is 4.79 Å². The third-order valence-corrected chi connectivity index (χ3v) is 6.27. The van der Waals surface area contributed by atoms with Gasteiger partial charge in [0.15, 0.2) is 23.0 Å². The zero-order chi connectivity index (χ0) is 19.8. The lowest BCUT2D eigenvalue weighted by Crippen LogP contribution is -2.49. The fourth-order valence-corrected chi connectivity index (χ4v) is 4.65. The van der Waals surface area contributed by atoms with Crippen LogP contribution in [-0.4, -0.2) is 47.0 Å². The number of hydrogen-bond donors (Lipinski definition) is 0. The molecule has 4 aromatic rings. The van der Waals surface area contributed by atoms with Gasteiger partial charge in [-0.05, 0) is 25.1 Å². The van der Waals surface area contributed by atoms with Gasteiger partial charge < -0.3 is 14.2 Å². The van der Waals surface area contributed by atoms with Crippen molar-refractivity contribution in [2.24, 2.45) is 0 Å². The molecule has 29 heavy (non-hydrogen) atoms. The van der Waals surface area contributed by atoms with Gasteiger partial charge in [-0.1, -0.05) is 47.2 Å². The highest BCUT2D eigenvalue weighted by molar-refractivity contribution is 7.22. The number of benzene rings is 2. The molecule has 5 rings (SSSR count). The van der Waals surface area contributed by atoms with Crippen LogP contribution in [0.25, 0.3) is 21.5 Å². The van der Waals surface area contributed by atoms with Crippen molar-refractivity contribution in [3.63, 3.8) is 0 Å². The van der Waals surface area contributed by atoms with E-state index in [1.807, 2.05) is 54.3 Å². The van der Waals surface area contributed by atoms with Crippen LogP contribution >= 0.6 is 11.3 Å². The molecule has 0 spiro atoms. The van der Waals surface area contributed by atoms with Gasteiger partial charge in [-0.2, -0.15) is 0 Å². The van der Waals surface area contributed by atoms with Crippen LogP contribution in [0.15, 0.2) is 59.3 Å². The third-order valence-electron chi connectivity index (χ3n) is 5.17. The average molecular weight is 404 g/mol. The van der Waals surface area contributed by atoms with Gasteiger partial charge in [-0.25, -0.2) is 9.97 Å². The smallest absolute Gasteiger partial charge is 0.276 e. The number of amides is 1. The highest BCUT2D eigenvalue weighted by Crippen LogP contribution is 2.30. The first-order valence-corrected chi connectivity index (χ1v) is 10.4. The number of rotatable bonds is 3. The summed E-state index contributed by atoms with van der Waals surface area (Å²) in [5, 5.41) is 1.01. The fraction of sp³-hybridized carbons (Fsp3) is 0.227. The molecule has 1 aliphatic rings. The number of piperazine rings is 1. The van der Waals surface area contributed by atoms with Crippen molar-refractivity contribution in [2.45, 2.75) is 6.92 Å². The Bertz CT molecular complexity index is 1140.